The fourth-order valence-electron chi connectivity index (χ4n) is 2.27. The molecule has 22 heavy (non-hydrogen) atoms. The number of methoxy groups -OCH3 is 1. The molecule has 0 saturated carbocycles. The van der Waals surface area contributed by atoms with E-state index >= 15 is 0 Å². The topological polar surface area (TPSA) is 32.8 Å². The molecule has 2 aliphatic heterocycles. The van der Waals surface area contributed by atoms with Crippen molar-refractivity contribution in [3.05, 3.63) is 40.8 Å². The zero-order valence-electron chi connectivity index (χ0n) is 12.2. The third-order valence-corrected chi connectivity index (χ3v) is 6.20. The maximum atomic E-state index is 12.6. The number of hydrogen-bond acceptors (Lipinski definition) is 6. The first-order valence-corrected chi connectivity index (χ1v) is 8.59. The summed E-state index contributed by atoms with van der Waals surface area (Å²) in [4.78, 5) is 17.9. The molecule has 0 spiro atoms. The smallest absolute Gasteiger partial charge is 0.269 e. The molecule has 1 aromatic carbocycles. The molecule has 0 N–H and O–H groups in total. The number of carbonyl (C=O) groups excluding carboxylic acids is 1. The van der Waals surface area contributed by atoms with Crippen LogP contribution in [-0.4, -0.2) is 35.8 Å². The summed E-state index contributed by atoms with van der Waals surface area (Å²) < 4.78 is 5.85. The van der Waals surface area contributed by atoms with E-state index in [4.69, 9.17) is 17.0 Å². The van der Waals surface area contributed by atoms with Crippen molar-refractivity contribution in [2.45, 2.75) is 4.90 Å². The Morgan fingerprint density at radius 2 is 2.18 bits per heavy atom. The van der Waals surface area contributed by atoms with Crippen LogP contribution in [0.1, 0.15) is 0 Å². The molecule has 2 heterocycles. The van der Waals surface area contributed by atoms with Gasteiger partial charge in [0.15, 0.2) is 0 Å². The van der Waals surface area contributed by atoms with Crippen LogP contribution in [-0.2, 0) is 4.79 Å². The van der Waals surface area contributed by atoms with Crippen molar-refractivity contribution >= 4 is 51.7 Å². The van der Waals surface area contributed by atoms with E-state index in [9.17, 15) is 4.79 Å². The van der Waals surface area contributed by atoms with Crippen molar-refractivity contribution in [1.82, 2.24) is 4.90 Å². The highest BCUT2D eigenvalue weighted by Gasteiger charge is 2.37. The molecule has 7 heteroatoms. The monoisotopic (exact) mass is 350 g/mol. The van der Waals surface area contributed by atoms with Gasteiger partial charge in [0.2, 0.25) is 0 Å². The van der Waals surface area contributed by atoms with Crippen LogP contribution in [0.4, 0.5) is 5.69 Å². The molecule has 0 aromatic heterocycles. The molecule has 0 aliphatic carbocycles. The molecule has 0 radical (unpaired) electrons. The number of thioether (sulfide) groups is 2. The molecule has 4 nitrogen and oxygen atoms in total. The zero-order valence-corrected chi connectivity index (χ0v) is 14.6. The SMILES string of the molecule is C=CCN1C(=O)C(=C2Sc3ccc(OC)cc3N2C)SC1=S. The molecular weight excluding hydrogens is 336 g/mol. The molecule has 0 bridgehead atoms. The Hall–Kier alpha value is -1.44. The van der Waals surface area contributed by atoms with E-state index in [-0.39, 0.29) is 5.91 Å². The second-order valence-electron chi connectivity index (χ2n) is 4.70. The summed E-state index contributed by atoms with van der Waals surface area (Å²) in [6, 6.07) is 5.90. The van der Waals surface area contributed by atoms with Crippen molar-refractivity contribution in [2.24, 2.45) is 0 Å². The van der Waals surface area contributed by atoms with Crippen LogP contribution in [0.2, 0.25) is 0 Å². The standard InChI is InChI=1S/C15H14N2O2S3/c1-4-7-17-13(18)12(22-15(17)20)14-16(2)10-8-9(19-3)5-6-11(10)21-14/h4-6,8H,1,7H2,2-3H3. The molecule has 3 rings (SSSR count). The summed E-state index contributed by atoms with van der Waals surface area (Å²) in [6.45, 7) is 4.11. The molecule has 1 aromatic rings. The predicted octanol–water partition coefficient (Wildman–Crippen LogP) is 3.45. The van der Waals surface area contributed by atoms with Gasteiger partial charge >= 0.3 is 0 Å². The maximum Gasteiger partial charge on any atom is 0.269 e. The van der Waals surface area contributed by atoms with Gasteiger partial charge in [0.1, 0.15) is 15.0 Å². The molecule has 114 valence electrons. The Morgan fingerprint density at radius 1 is 1.41 bits per heavy atom. The second-order valence-corrected chi connectivity index (χ2v) is 7.38. The Balaban J connectivity index is 1.99. The predicted molar refractivity (Wildman–Crippen MR) is 96.4 cm³/mol. The van der Waals surface area contributed by atoms with Crippen LogP contribution in [0.25, 0.3) is 0 Å². The highest BCUT2D eigenvalue weighted by atomic mass is 32.2. The van der Waals surface area contributed by atoms with Crippen LogP contribution in [0.3, 0.4) is 0 Å². The number of fused-ring (bicyclic) bond motifs is 1. The minimum absolute atomic E-state index is 0.0518. The molecule has 1 saturated heterocycles. The summed E-state index contributed by atoms with van der Waals surface area (Å²) in [7, 11) is 3.60. The summed E-state index contributed by atoms with van der Waals surface area (Å²) in [5.41, 5.74) is 1.04. The van der Waals surface area contributed by atoms with Gasteiger partial charge in [-0.3, -0.25) is 9.69 Å². The number of hydrogen-bond donors (Lipinski definition) is 0. The summed E-state index contributed by atoms with van der Waals surface area (Å²) in [5.74, 6) is 0.746. The lowest BCUT2D eigenvalue weighted by molar-refractivity contribution is -0.121. The van der Waals surface area contributed by atoms with E-state index in [1.807, 2.05) is 30.1 Å². The van der Waals surface area contributed by atoms with Crippen LogP contribution >= 0.6 is 35.7 Å². The van der Waals surface area contributed by atoms with E-state index in [1.54, 1.807) is 29.8 Å². The lowest BCUT2D eigenvalue weighted by Crippen LogP contribution is -2.28. The Kier molecular flexibility index (Phi) is 4.20. The number of thiocarbonyl (C=S) groups is 1. The van der Waals surface area contributed by atoms with Gasteiger partial charge < -0.3 is 9.64 Å². The van der Waals surface area contributed by atoms with E-state index in [2.05, 4.69) is 6.58 Å². The maximum absolute atomic E-state index is 12.6. The van der Waals surface area contributed by atoms with Gasteiger partial charge in [-0.15, -0.1) is 6.58 Å². The first-order valence-electron chi connectivity index (χ1n) is 6.55. The van der Waals surface area contributed by atoms with Crippen molar-refractivity contribution in [1.29, 1.82) is 0 Å². The lowest BCUT2D eigenvalue weighted by atomic mass is 10.3. The van der Waals surface area contributed by atoms with Gasteiger partial charge in [0.05, 0.1) is 17.8 Å². The summed E-state index contributed by atoms with van der Waals surface area (Å²) >= 11 is 8.23. The Labute approximate surface area is 143 Å². The minimum Gasteiger partial charge on any atom is -0.497 e. The minimum atomic E-state index is -0.0518. The normalized spacial score (nSPS) is 20.6. The van der Waals surface area contributed by atoms with Gasteiger partial charge in [-0.1, -0.05) is 41.8 Å². The average Bonchev–Trinajstić information content (AvgIpc) is 2.99. The molecule has 1 fully saturated rings. The zero-order chi connectivity index (χ0) is 15.9. The molecular formula is C15H14N2O2S3. The lowest BCUT2D eigenvalue weighted by Gasteiger charge is -2.15. The van der Waals surface area contributed by atoms with Gasteiger partial charge in [0, 0.05) is 24.6 Å². The Morgan fingerprint density at radius 3 is 2.86 bits per heavy atom. The van der Waals surface area contributed by atoms with E-state index in [0.717, 1.165) is 21.4 Å². The molecule has 1 amide bonds. The number of nitrogens with zero attached hydrogens (tertiary/aromatic N) is 2. The first-order chi connectivity index (χ1) is 10.6. The highest BCUT2D eigenvalue weighted by Crippen LogP contribution is 2.50. The van der Waals surface area contributed by atoms with Gasteiger partial charge in [-0.25, -0.2) is 0 Å². The Bertz CT molecular complexity index is 715. The van der Waals surface area contributed by atoms with Crippen molar-refractivity contribution in [3.63, 3.8) is 0 Å². The molecule has 0 atom stereocenters. The second kappa shape index (κ2) is 5.98. The van der Waals surface area contributed by atoms with Crippen LogP contribution in [0.15, 0.2) is 45.7 Å². The number of benzene rings is 1. The van der Waals surface area contributed by atoms with Crippen molar-refractivity contribution in [2.75, 3.05) is 25.6 Å². The largest absolute Gasteiger partial charge is 0.497 e. The van der Waals surface area contributed by atoms with Crippen molar-refractivity contribution in [3.8, 4) is 5.75 Å². The van der Waals surface area contributed by atoms with E-state index in [1.165, 1.54) is 11.8 Å². The summed E-state index contributed by atoms with van der Waals surface area (Å²) in [6.07, 6.45) is 1.68. The van der Waals surface area contributed by atoms with Crippen LogP contribution in [0.5, 0.6) is 5.75 Å². The molecule has 2 aliphatic rings. The average molecular weight is 350 g/mol. The summed E-state index contributed by atoms with van der Waals surface area (Å²) in [5, 5.41) is 0.909. The fraction of sp³-hybridized carbons (Fsp3) is 0.200. The third kappa shape index (κ3) is 2.43. The number of amides is 1. The van der Waals surface area contributed by atoms with Gasteiger partial charge in [-0.2, -0.15) is 0 Å². The quantitative estimate of drug-likeness (QED) is 0.472. The first kappa shape index (κ1) is 15.5. The van der Waals surface area contributed by atoms with Gasteiger partial charge in [-0.05, 0) is 12.1 Å². The molecule has 0 unspecified atom stereocenters. The number of carbonyl (C=O) groups is 1. The van der Waals surface area contributed by atoms with E-state index < -0.39 is 0 Å². The number of ether oxygens (including phenoxy) is 1. The number of rotatable bonds is 3. The van der Waals surface area contributed by atoms with Crippen LogP contribution in [0, 0.1) is 0 Å². The van der Waals surface area contributed by atoms with Crippen LogP contribution < -0.4 is 9.64 Å². The third-order valence-electron chi connectivity index (χ3n) is 3.39. The number of anilines is 1. The van der Waals surface area contributed by atoms with E-state index in [0.29, 0.717) is 15.8 Å². The highest BCUT2D eigenvalue weighted by molar-refractivity contribution is 8.27. The van der Waals surface area contributed by atoms with Crippen molar-refractivity contribution < 1.29 is 9.53 Å². The fourth-order valence-corrected chi connectivity index (χ4v) is 4.85. The van der Waals surface area contributed by atoms with Gasteiger partial charge in [0.25, 0.3) is 5.91 Å².